The first kappa shape index (κ1) is 14.9. The summed E-state index contributed by atoms with van der Waals surface area (Å²) in [6.07, 6.45) is 5.78. The number of benzene rings is 2. The lowest BCUT2D eigenvalue weighted by atomic mass is 9.92. The minimum atomic E-state index is 0.357. The lowest BCUT2D eigenvalue weighted by Crippen LogP contribution is -2.31. The summed E-state index contributed by atoms with van der Waals surface area (Å²) in [5, 5.41) is 4.47. The Labute approximate surface area is 151 Å². The van der Waals surface area contributed by atoms with Crippen LogP contribution in [0.2, 0.25) is 0 Å². The van der Waals surface area contributed by atoms with Crippen LogP contribution in [0.15, 0.2) is 48.9 Å². The summed E-state index contributed by atoms with van der Waals surface area (Å²) < 4.78 is 8.49. The predicted molar refractivity (Wildman–Crippen MR) is 101 cm³/mol. The summed E-state index contributed by atoms with van der Waals surface area (Å²) in [5.74, 6) is 1.67. The van der Waals surface area contributed by atoms with E-state index in [1.54, 1.807) is 0 Å². The quantitative estimate of drug-likeness (QED) is 0.327. The van der Waals surface area contributed by atoms with Crippen molar-refractivity contribution >= 4 is 21.5 Å². The highest BCUT2D eigenvalue weighted by Crippen LogP contribution is 2.48. The van der Waals surface area contributed by atoms with Gasteiger partial charge in [0, 0.05) is 29.4 Å². The molecule has 0 radical (unpaired) electrons. The van der Waals surface area contributed by atoms with Gasteiger partial charge in [0.25, 0.3) is 0 Å². The Hall–Kier alpha value is -3.45. The van der Waals surface area contributed by atoms with Crippen LogP contribution in [-0.4, -0.2) is 4.98 Å². The molecule has 4 nitrogen and oxygen atoms in total. The van der Waals surface area contributed by atoms with E-state index in [2.05, 4.69) is 58.8 Å². The summed E-state index contributed by atoms with van der Waals surface area (Å²) in [7, 11) is 2.07. The predicted octanol–water partition coefficient (Wildman–Crippen LogP) is 4.71. The molecule has 1 aliphatic heterocycles. The van der Waals surface area contributed by atoms with Gasteiger partial charge >= 0.3 is 0 Å². The number of hydrogen-bond donors (Lipinski definition) is 0. The monoisotopic (exact) mass is 338 g/mol. The molecule has 0 aliphatic carbocycles. The van der Waals surface area contributed by atoms with Crippen LogP contribution in [0.1, 0.15) is 11.1 Å². The third-order valence-corrected chi connectivity index (χ3v) is 5.14. The molecule has 3 heterocycles. The molecule has 4 aromatic rings. The highest BCUT2D eigenvalue weighted by atomic mass is 16.5. The summed E-state index contributed by atoms with van der Waals surface area (Å²) >= 11 is 0. The van der Waals surface area contributed by atoms with Crippen molar-refractivity contribution in [1.82, 2.24) is 4.98 Å². The molecule has 0 fully saturated rings. The molecular formula is C22H16N3O+. The maximum atomic E-state index is 7.17. The lowest BCUT2D eigenvalue weighted by molar-refractivity contribution is -0.659. The van der Waals surface area contributed by atoms with Crippen molar-refractivity contribution < 1.29 is 9.30 Å². The third-order valence-electron chi connectivity index (χ3n) is 5.14. The SMILES string of the molecule is [C-]#[N+]Cc1cc2c3c([n+](C)ccc3c1)-c1c(cc3cnccc3c1C)O2. The van der Waals surface area contributed by atoms with Gasteiger partial charge in [-0.05, 0) is 47.5 Å². The van der Waals surface area contributed by atoms with Crippen molar-refractivity contribution in [3.05, 3.63) is 71.5 Å². The van der Waals surface area contributed by atoms with Crippen molar-refractivity contribution in [2.24, 2.45) is 7.05 Å². The van der Waals surface area contributed by atoms with Crippen LogP contribution in [0.25, 0.3) is 37.6 Å². The van der Waals surface area contributed by atoms with Crippen molar-refractivity contribution in [3.63, 3.8) is 0 Å². The van der Waals surface area contributed by atoms with E-state index in [0.717, 1.165) is 44.5 Å². The zero-order valence-electron chi connectivity index (χ0n) is 14.6. The first-order valence-electron chi connectivity index (χ1n) is 8.51. The Kier molecular flexibility index (Phi) is 3.01. The summed E-state index contributed by atoms with van der Waals surface area (Å²) in [6.45, 7) is 9.67. The molecule has 5 rings (SSSR count). The molecule has 2 aromatic heterocycles. The van der Waals surface area contributed by atoms with Crippen molar-refractivity contribution in [2.75, 3.05) is 0 Å². The Morgan fingerprint density at radius 2 is 2.04 bits per heavy atom. The van der Waals surface area contributed by atoms with Gasteiger partial charge in [0.05, 0.1) is 10.9 Å². The van der Waals surface area contributed by atoms with Crippen LogP contribution in [0.4, 0.5) is 0 Å². The number of rotatable bonds is 1. The van der Waals surface area contributed by atoms with Crippen LogP contribution in [-0.2, 0) is 13.6 Å². The molecule has 124 valence electrons. The van der Waals surface area contributed by atoms with Crippen LogP contribution in [0, 0.1) is 13.5 Å². The molecule has 26 heavy (non-hydrogen) atoms. The maximum Gasteiger partial charge on any atom is 0.239 e. The Morgan fingerprint density at radius 1 is 1.15 bits per heavy atom. The molecule has 0 saturated heterocycles. The Morgan fingerprint density at radius 3 is 2.88 bits per heavy atom. The highest BCUT2D eigenvalue weighted by molar-refractivity contribution is 6.05. The van der Waals surface area contributed by atoms with Gasteiger partial charge in [-0.3, -0.25) is 4.98 Å². The van der Waals surface area contributed by atoms with E-state index in [9.17, 15) is 0 Å². The van der Waals surface area contributed by atoms with Crippen LogP contribution < -0.4 is 9.30 Å². The van der Waals surface area contributed by atoms with Crippen LogP contribution in [0.5, 0.6) is 11.5 Å². The van der Waals surface area contributed by atoms with Gasteiger partial charge < -0.3 is 9.58 Å². The summed E-state index contributed by atoms with van der Waals surface area (Å²) in [4.78, 5) is 7.77. The Balaban J connectivity index is 1.94. The zero-order valence-corrected chi connectivity index (χ0v) is 14.6. The maximum absolute atomic E-state index is 7.17. The first-order valence-corrected chi connectivity index (χ1v) is 8.51. The van der Waals surface area contributed by atoms with E-state index in [4.69, 9.17) is 11.3 Å². The van der Waals surface area contributed by atoms with E-state index in [1.165, 1.54) is 10.9 Å². The number of aryl methyl sites for hydroxylation is 2. The van der Waals surface area contributed by atoms with Gasteiger partial charge in [0.15, 0.2) is 6.20 Å². The second-order valence-corrected chi connectivity index (χ2v) is 6.72. The molecule has 0 bridgehead atoms. The number of ether oxygens (including phenoxy) is 1. The van der Waals surface area contributed by atoms with Gasteiger partial charge in [-0.15, -0.1) is 0 Å². The second-order valence-electron chi connectivity index (χ2n) is 6.72. The van der Waals surface area contributed by atoms with Crippen molar-refractivity contribution in [1.29, 1.82) is 0 Å². The second kappa shape index (κ2) is 5.27. The first-order chi connectivity index (χ1) is 12.7. The number of hydrogen-bond acceptors (Lipinski definition) is 2. The standard InChI is InChI=1S/C22H16N3O/c1-13-17-4-6-24-12-16(17)10-19-20(13)22-21-15(5-7-25(22)3)8-14(11-23-2)9-18(21)26-19/h4-10,12H,11H2,1,3H3/q+1. The summed E-state index contributed by atoms with van der Waals surface area (Å²) in [6, 6.07) is 10.3. The molecule has 2 aromatic carbocycles. The molecule has 0 amide bonds. The van der Waals surface area contributed by atoms with E-state index < -0.39 is 0 Å². The number of pyridine rings is 2. The fourth-order valence-electron chi connectivity index (χ4n) is 3.98. The zero-order chi connectivity index (χ0) is 17.8. The lowest BCUT2D eigenvalue weighted by Gasteiger charge is -2.22. The molecule has 0 atom stereocenters. The minimum absolute atomic E-state index is 0.357. The molecule has 1 aliphatic rings. The Bertz CT molecular complexity index is 1270. The van der Waals surface area contributed by atoms with E-state index in [1.807, 2.05) is 18.5 Å². The molecule has 0 unspecified atom stereocenters. The third kappa shape index (κ3) is 1.94. The average molecular weight is 338 g/mol. The van der Waals surface area contributed by atoms with Gasteiger partial charge in [-0.1, -0.05) is 0 Å². The normalized spacial score (nSPS) is 11.9. The van der Waals surface area contributed by atoms with E-state index in [-0.39, 0.29) is 0 Å². The topological polar surface area (TPSA) is 30.4 Å². The minimum Gasteiger partial charge on any atom is -0.456 e. The van der Waals surface area contributed by atoms with Crippen LogP contribution >= 0.6 is 0 Å². The smallest absolute Gasteiger partial charge is 0.239 e. The van der Waals surface area contributed by atoms with E-state index >= 15 is 0 Å². The van der Waals surface area contributed by atoms with Gasteiger partial charge in [0.1, 0.15) is 18.5 Å². The van der Waals surface area contributed by atoms with E-state index in [0.29, 0.717) is 6.54 Å². The highest BCUT2D eigenvalue weighted by Gasteiger charge is 2.30. The number of fused-ring (bicyclic) bond motifs is 3. The number of aromatic nitrogens is 2. The molecule has 4 heteroatoms. The molecular weight excluding hydrogens is 322 g/mol. The number of nitrogens with zero attached hydrogens (tertiary/aromatic N) is 3. The fourth-order valence-corrected chi connectivity index (χ4v) is 3.98. The molecule has 0 saturated carbocycles. The van der Waals surface area contributed by atoms with Crippen molar-refractivity contribution in [2.45, 2.75) is 13.5 Å². The van der Waals surface area contributed by atoms with Gasteiger partial charge in [0.2, 0.25) is 12.2 Å². The molecule has 0 spiro atoms. The van der Waals surface area contributed by atoms with Crippen molar-refractivity contribution in [3.8, 4) is 22.8 Å². The summed E-state index contributed by atoms with van der Waals surface area (Å²) in [5.41, 5.74) is 4.45. The van der Waals surface area contributed by atoms with Gasteiger partial charge in [-0.25, -0.2) is 11.1 Å². The largest absolute Gasteiger partial charge is 0.456 e. The van der Waals surface area contributed by atoms with Crippen LogP contribution in [0.3, 0.4) is 0 Å². The fraction of sp³-hybridized carbons (Fsp3) is 0.136. The average Bonchev–Trinajstić information content (AvgIpc) is 2.64. The van der Waals surface area contributed by atoms with Gasteiger partial charge in [-0.2, -0.15) is 0 Å². The molecule has 0 N–H and O–H groups in total.